The van der Waals surface area contributed by atoms with E-state index in [1.807, 2.05) is 0 Å². The highest BCUT2D eigenvalue weighted by Crippen LogP contribution is 2.53. The lowest BCUT2D eigenvalue weighted by molar-refractivity contribution is 0.0675. The molecule has 54 heavy (non-hydrogen) atoms. The van der Waals surface area contributed by atoms with E-state index in [9.17, 15) is 55.7 Å². The van der Waals surface area contributed by atoms with Crippen molar-refractivity contribution < 1.29 is 82.8 Å². The number of nitrogens with one attached hydrogen (secondary N) is 2. The Kier molecular flexibility index (Phi) is 11.8. The molecule has 0 saturated carbocycles. The first-order valence-corrected chi connectivity index (χ1v) is 15.0. The number of carbonyl (C=O) groups is 4. The molecule has 0 atom stereocenters. The fourth-order valence-corrected chi connectivity index (χ4v) is 5.39. The molecule has 0 aliphatic heterocycles. The standard InChI is InChI=1S/C30H10Cl4F10N2O8/c1-3-12(35)18(41)19(42)22(13(3)36)46-28(48)5-7(30(51)52)15(38)21(44)26(17(5)40)54-24-10(33)8(31)23(9(32)11(24)34)53-25-16(39)4(27(47)45-2)6(29(49)50)14(37)20(25)43/h1-2H3,(H,45,47)(H,46,48)(H,49,50)(H,51,52). The van der Waals surface area contributed by atoms with Gasteiger partial charge in [0, 0.05) is 12.6 Å². The van der Waals surface area contributed by atoms with Gasteiger partial charge in [0.15, 0.2) is 58.0 Å². The third-order valence-corrected chi connectivity index (χ3v) is 8.62. The number of carboxylic acid groups (broad SMARTS) is 2. The number of carboxylic acids is 2. The molecule has 4 N–H and O–H groups in total. The van der Waals surface area contributed by atoms with Crippen LogP contribution < -0.4 is 20.1 Å². The molecule has 4 aromatic rings. The Hall–Kier alpha value is -5.18. The number of anilines is 1. The summed E-state index contributed by atoms with van der Waals surface area (Å²) in [6, 6.07) is 0. The maximum Gasteiger partial charge on any atom is 0.339 e. The minimum absolute atomic E-state index is 0.568. The van der Waals surface area contributed by atoms with E-state index in [0.29, 0.717) is 6.92 Å². The van der Waals surface area contributed by atoms with Crippen molar-refractivity contribution >= 4 is 75.8 Å². The number of amides is 2. The Labute approximate surface area is 311 Å². The van der Waals surface area contributed by atoms with Crippen LogP contribution in [0.1, 0.15) is 47.0 Å². The second-order valence-electron chi connectivity index (χ2n) is 10.1. The number of carbonyl (C=O) groups excluding carboxylic acids is 2. The van der Waals surface area contributed by atoms with Crippen molar-refractivity contribution in [1.82, 2.24) is 5.32 Å². The van der Waals surface area contributed by atoms with Crippen molar-refractivity contribution in [3.63, 3.8) is 0 Å². The average molecular weight is 858 g/mol. The molecule has 0 unspecified atom stereocenters. The molecule has 0 heterocycles. The Morgan fingerprint density at radius 2 is 0.852 bits per heavy atom. The zero-order valence-corrected chi connectivity index (χ0v) is 28.7. The van der Waals surface area contributed by atoms with Crippen LogP contribution >= 0.6 is 46.4 Å². The molecule has 4 rings (SSSR count). The summed E-state index contributed by atoms with van der Waals surface area (Å²) in [6.45, 7) is 0.568. The summed E-state index contributed by atoms with van der Waals surface area (Å²) in [6.07, 6.45) is 0. The number of ether oxygens (including phenoxy) is 2. The van der Waals surface area contributed by atoms with Gasteiger partial charge < -0.3 is 30.3 Å². The molecule has 0 aliphatic rings. The number of benzene rings is 4. The molecule has 4 aromatic carbocycles. The fourth-order valence-electron chi connectivity index (χ4n) is 4.42. The Balaban J connectivity index is 1.90. The topological polar surface area (TPSA) is 151 Å². The van der Waals surface area contributed by atoms with Gasteiger partial charge >= 0.3 is 11.9 Å². The van der Waals surface area contributed by atoms with Crippen molar-refractivity contribution in [3.8, 4) is 23.0 Å². The Morgan fingerprint density at radius 3 is 1.20 bits per heavy atom. The van der Waals surface area contributed by atoms with Crippen molar-refractivity contribution in [3.05, 3.63) is 106 Å². The number of hydrogen-bond donors (Lipinski definition) is 4. The summed E-state index contributed by atoms with van der Waals surface area (Å²) < 4.78 is 158. The highest BCUT2D eigenvalue weighted by molar-refractivity contribution is 6.50. The molecule has 0 spiro atoms. The van der Waals surface area contributed by atoms with Gasteiger partial charge in [-0.3, -0.25) is 9.59 Å². The van der Waals surface area contributed by atoms with E-state index in [-0.39, 0.29) is 0 Å². The second-order valence-corrected chi connectivity index (χ2v) is 11.6. The summed E-state index contributed by atoms with van der Waals surface area (Å²) in [7, 11) is 0.858. The largest absolute Gasteiger partial charge is 0.478 e. The first-order valence-electron chi connectivity index (χ1n) is 13.5. The Morgan fingerprint density at radius 1 is 0.481 bits per heavy atom. The molecule has 0 aliphatic carbocycles. The molecule has 0 radical (unpaired) electrons. The van der Waals surface area contributed by atoms with Gasteiger partial charge in [0.05, 0.1) is 11.1 Å². The fraction of sp³-hybridized carbons (Fsp3) is 0.0667. The van der Waals surface area contributed by atoms with Crippen LogP contribution in [0.4, 0.5) is 49.6 Å². The smallest absolute Gasteiger partial charge is 0.339 e. The van der Waals surface area contributed by atoms with Crippen LogP contribution in [0.15, 0.2) is 0 Å². The third-order valence-electron chi connectivity index (χ3n) is 6.98. The van der Waals surface area contributed by atoms with Crippen LogP contribution in [0.5, 0.6) is 23.0 Å². The maximum absolute atomic E-state index is 15.8. The van der Waals surface area contributed by atoms with E-state index in [4.69, 9.17) is 55.9 Å². The summed E-state index contributed by atoms with van der Waals surface area (Å²) in [5, 5.41) is 16.9. The first kappa shape index (κ1) is 41.6. The molecule has 2 amide bonds. The lowest BCUT2D eigenvalue weighted by Gasteiger charge is -2.20. The lowest BCUT2D eigenvalue weighted by atomic mass is 10.0. The molecule has 10 nitrogen and oxygen atoms in total. The van der Waals surface area contributed by atoms with Gasteiger partial charge in [0.2, 0.25) is 23.1 Å². The molecule has 286 valence electrons. The van der Waals surface area contributed by atoms with Crippen LogP contribution in [0.25, 0.3) is 0 Å². The highest BCUT2D eigenvalue weighted by Gasteiger charge is 2.38. The van der Waals surface area contributed by atoms with Crippen LogP contribution in [-0.2, 0) is 0 Å². The summed E-state index contributed by atoms with van der Waals surface area (Å²) in [5.74, 6) is -38.6. The average Bonchev–Trinajstić information content (AvgIpc) is 3.12. The van der Waals surface area contributed by atoms with Crippen molar-refractivity contribution in [1.29, 1.82) is 0 Å². The zero-order chi connectivity index (χ0) is 41.0. The molecule has 0 fully saturated rings. The molecule has 0 aromatic heterocycles. The van der Waals surface area contributed by atoms with E-state index in [1.165, 1.54) is 5.32 Å². The summed E-state index contributed by atoms with van der Waals surface area (Å²) in [5.41, 5.74) is -10.6. The van der Waals surface area contributed by atoms with Crippen molar-refractivity contribution in [2.75, 3.05) is 12.4 Å². The van der Waals surface area contributed by atoms with E-state index in [2.05, 4.69) is 0 Å². The van der Waals surface area contributed by atoms with E-state index in [1.54, 1.807) is 5.32 Å². The second kappa shape index (κ2) is 15.3. The molecular weight excluding hydrogens is 848 g/mol. The highest BCUT2D eigenvalue weighted by atomic mass is 35.5. The van der Waals surface area contributed by atoms with Crippen LogP contribution in [0, 0.1) is 65.1 Å². The van der Waals surface area contributed by atoms with Gasteiger partial charge in [-0.1, -0.05) is 46.4 Å². The molecule has 0 saturated heterocycles. The molecule has 0 bridgehead atoms. The summed E-state index contributed by atoms with van der Waals surface area (Å²) >= 11 is 24.2. The van der Waals surface area contributed by atoms with Gasteiger partial charge in [0.25, 0.3) is 11.8 Å². The first-order chi connectivity index (χ1) is 25.0. The number of hydrogen-bond acceptors (Lipinski definition) is 6. The lowest BCUT2D eigenvalue weighted by Crippen LogP contribution is -2.25. The number of halogens is 14. The SMILES string of the molecule is CNC(=O)c1c(F)c(Oc2c(Cl)c(Cl)c(Oc3c(F)c(F)c(C(=O)O)c(C(=O)Nc4c(F)c(C)c(F)c(F)c4F)c3F)c(Cl)c2Cl)c(F)c(F)c1C(=O)O. The van der Waals surface area contributed by atoms with Gasteiger partial charge in [-0.25, -0.2) is 44.7 Å². The third kappa shape index (κ3) is 6.73. The summed E-state index contributed by atoms with van der Waals surface area (Å²) in [4.78, 5) is 48.4. The zero-order valence-electron chi connectivity index (χ0n) is 25.6. The van der Waals surface area contributed by atoms with E-state index in [0.717, 1.165) is 7.05 Å². The van der Waals surface area contributed by atoms with E-state index >= 15 is 17.6 Å². The molecule has 24 heteroatoms. The minimum atomic E-state index is -2.58. The van der Waals surface area contributed by atoms with Crippen LogP contribution in [0.2, 0.25) is 20.1 Å². The predicted molar refractivity (Wildman–Crippen MR) is 166 cm³/mol. The van der Waals surface area contributed by atoms with Crippen molar-refractivity contribution in [2.45, 2.75) is 6.92 Å². The molecular formula is C30H10Cl4F10N2O8. The van der Waals surface area contributed by atoms with Gasteiger partial charge in [-0.2, -0.15) is 8.78 Å². The predicted octanol–water partition coefficient (Wildman–Crippen LogP) is 9.59. The maximum atomic E-state index is 15.8. The van der Waals surface area contributed by atoms with Crippen LogP contribution in [-0.4, -0.2) is 41.0 Å². The van der Waals surface area contributed by atoms with Crippen LogP contribution in [0.3, 0.4) is 0 Å². The quantitative estimate of drug-likeness (QED) is 0.0739. The number of aromatic carboxylic acids is 2. The number of rotatable bonds is 9. The van der Waals surface area contributed by atoms with Gasteiger partial charge in [0.1, 0.15) is 36.9 Å². The van der Waals surface area contributed by atoms with E-state index < -0.39 is 159 Å². The minimum Gasteiger partial charge on any atom is -0.478 e. The van der Waals surface area contributed by atoms with Crippen molar-refractivity contribution in [2.24, 2.45) is 0 Å². The Bertz CT molecular complexity index is 2320. The van der Waals surface area contributed by atoms with Gasteiger partial charge in [-0.05, 0) is 6.92 Å². The monoisotopic (exact) mass is 856 g/mol. The normalized spacial score (nSPS) is 11.0. The van der Waals surface area contributed by atoms with Gasteiger partial charge in [-0.15, -0.1) is 0 Å².